The lowest BCUT2D eigenvalue weighted by Gasteiger charge is -2.33. The van der Waals surface area contributed by atoms with Crippen LogP contribution in [-0.2, 0) is 4.74 Å². The molecule has 3 aromatic heterocycles. The van der Waals surface area contributed by atoms with Crippen molar-refractivity contribution in [1.82, 2.24) is 19.8 Å². The molecule has 0 unspecified atom stereocenters. The van der Waals surface area contributed by atoms with Crippen LogP contribution in [0.2, 0.25) is 0 Å². The molecule has 1 aliphatic heterocycles. The molecule has 0 spiro atoms. The Hall–Kier alpha value is -2.40. The van der Waals surface area contributed by atoms with Crippen LogP contribution in [0.3, 0.4) is 0 Å². The predicted octanol–water partition coefficient (Wildman–Crippen LogP) is 2.34. The maximum absolute atomic E-state index is 13.1. The van der Waals surface area contributed by atoms with E-state index in [4.69, 9.17) is 4.74 Å². The molecule has 1 aliphatic rings. The van der Waals surface area contributed by atoms with Gasteiger partial charge >= 0.3 is 0 Å². The Morgan fingerprint density at radius 1 is 1.37 bits per heavy atom. The molecule has 4 heterocycles. The van der Waals surface area contributed by atoms with Crippen molar-refractivity contribution >= 4 is 44.7 Å². The first kappa shape index (κ1) is 20.9. The monoisotopic (exact) mass is 446 g/mol. The van der Waals surface area contributed by atoms with Crippen molar-refractivity contribution < 1.29 is 19.4 Å². The summed E-state index contributed by atoms with van der Waals surface area (Å²) in [7, 11) is 1.66. The predicted molar refractivity (Wildman–Crippen MR) is 115 cm³/mol. The molecule has 30 heavy (non-hydrogen) atoms. The minimum Gasteiger partial charge on any atom is -0.395 e. The second kappa shape index (κ2) is 8.76. The molecule has 1 saturated heterocycles. The number of hydrogen-bond donors (Lipinski definition) is 1. The fraction of sp³-hybridized carbons (Fsp3) is 0.400. The number of carbonyl (C=O) groups is 2. The van der Waals surface area contributed by atoms with Crippen LogP contribution in [-0.4, -0.2) is 76.6 Å². The van der Waals surface area contributed by atoms with Crippen molar-refractivity contribution in [2.45, 2.75) is 13.0 Å². The third kappa shape index (κ3) is 3.83. The third-order valence-corrected chi connectivity index (χ3v) is 7.13. The first-order valence-corrected chi connectivity index (χ1v) is 11.3. The molecule has 2 amide bonds. The maximum Gasteiger partial charge on any atom is 0.266 e. The lowest BCUT2D eigenvalue weighted by atomic mass is 10.0. The van der Waals surface area contributed by atoms with Gasteiger partial charge < -0.3 is 19.6 Å². The number of hydrogen-bond acceptors (Lipinski definition) is 8. The number of ether oxygens (including phenoxy) is 1. The van der Waals surface area contributed by atoms with Crippen LogP contribution < -0.4 is 0 Å². The topological polar surface area (TPSA) is 95.9 Å². The van der Waals surface area contributed by atoms with E-state index in [1.807, 2.05) is 19.1 Å². The molecular formula is C20H22N4O4S2. The van der Waals surface area contributed by atoms with Crippen LogP contribution in [0.25, 0.3) is 10.2 Å². The number of aromatic nitrogens is 2. The van der Waals surface area contributed by atoms with E-state index >= 15 is 0 Å². The second-order valence-electron chi connectivity index (χ2n) is 7.03. The highest BCUT2D eigenvalue weighted by Crippen LogP contribution is 2.38. The van der Waals surface area contributed by atoms with E-state index in [1.54, 1.807) is 23.7 Å². The van der Waals surface area contributed by atoms with Gasteiger partial charge in [-0.3, -0.25) is 9.59 Å². The van der Waals surface area contributed by atoms with Gasteiger partial charge in [0.25, 0.3) is 11.8 Å². The fourth-order valence-electron chi connectivity index (χ4n) is 3.51. The molecule has 10 heteroatoms. The Morgan fingerprint density at radius 3 is 2.93 bits per heavy atom. The highest BCUT2D eigenvalue weighted by atomic mass is 32.1. The van der Waals surface area contributed by atoms with Crippen LogP contribution >= 0.6 is 22.7 Å². The van der Waals surface area contributed by atoms with E-state index in [1.165, 1.54) is 27.6 Å². The number of pyridine rings is 1. The van der Waals surface area contributed by atoms with E-state index in [2.05, 4.69) is 9.97 Å². The quantitative estimate of drug-likeness (QED) is 0.646. The standard InChI is InChI=1S/C20H22N4O4S2/c1-12-16(29-11-22-12)20(27)24-7-9-28-14(10-24)15-13-4-3-5-21-18(13)30-17(15)19(26)23(2)6-8-25/h3-5,11,14,25H,6-10H2,1-2H3/t14-/m1/s1. The second-order valence-corrected chi connectivity index (χ2v) is 8.88. The van der Waals surface area contributed by atoms with E-state index in [9.17, 15) is 14.7 Å². The van der Waals surface area contributed by atoms with Crippen LogP contribution in [0.1, 0.15) is 36.7 Å². The van der Waals surface area contributed by atoms with Gasteiger partial charge in [-0.2, -0.15) is 0 Å². The number of likely N-dealkylation sites (N-methyl/N-ethyl adjacent to an activating group) is 1. The number of thiazole rings is 1. The molecule has 0 saturated carbocycles. The average molecular weight is 447 g/mol. The lowest BCUT2D eigenvalue weighted by Crippen LogP contribution is -2.42. The Labute approximate surface area is 181 Å². The number of aliphatic hydroxyl groups is 1. The maximum atomic E-state index is 13.1. The van der Waals surface area contributed by atoms with E-state index in [0.29, 0.717) is 29.5 Å². The number of thiophene rings is 1. The summed E-state index contributed by atoms with van der Waals surface area (Å²) >= 11 is 2.65. The summed E-state index contributed by atoms with van der Waals surface area (Å²) in [4.78, 5) is 39.8. The molecule has 8 nitrogen and oxygen atoms in total. The summed E-state index contributed by atoms with van der Waals surface area (Å²) in [5.41, 5.74) is 3.16. The summed E-state index contributed by atoms with van der Waals surface area (Å²) < 4.78 is 6.04. The van der Waals surface area contributed by atoms with Crippen molar-refractivity contribution in [3.05, 3.63) is 44.9 Å². The van der Waals surface area contributed by atoms with Gasteiger partial charge in [-0.15, -0.1) is 22.7 Å². The molecule has 158 valence electrons. The van der Waals surface area contributed by atoms with Gasteiger partial charge in [0.1, 0.15) is 20.7 Å². The first-order chi connectivity index (χ1) is 14.5. The number of rotatable bonds is 5. The van der Waals surface area contributed by atoms with Crippen LogP contribution in [0.5, 0.6) is 0 Å². The fourth-order valence-corrected chi connectivity index (χ4v) is 5.47. The number of aryl methyl sites for hydroxylation is 1. The van der Waals surface area contributed by atoms with Crippen molar-refractivity contribution in [3.63, 3.8) is 0 Å². The van der Waals surface area contributed by atoms with Gasteiger partial charge in [-0.25, -0.2) is 9.97 Å². The molecule has 0 aliphatic carbocycles. The summed E-state index contributed by atoms with van der Waals surface area (Å²) in [5, 5.41) is 10.1. The third-order valence-electron chi connectivity index (χ3n) is 5.10. The molecule has 1 atom stereocenters. The molecule has 0 aromatic carbocycles. The van der Waals surface area contributed by atoms with Gasteiger partial charge in [0.2, 0.25) is 0 Å². The largest absolute Gasteiger partial charge is 0.395 e. The van der Waals surface area contributed by atoms with Gasteiger partial charge in [0, 0.05) is 37.3 Å². The normalized spacial score (nSPS) is 16.8. The molecule has 0 bridgehead atoms. The number of aliphatic hydroxyl groups excluding tert-OH is 1. The Morgan fingerprint density at radius 2 is 2.20 bits per heavy atom. The van der Waals surface area contributed by atoms with Crippen molar-refractivity contribution in [3.8, 4) is 0 Å². The average Bonchev–Trinajstić information content (AvgIpc) is 3.36. The number of carbonyl (C=O) groups excluding carboxylic acids is 2. The van der Waals surface area contributed by atoms with Crippen LogP contribution in [0.15, 0.2) is 23.8 Å². The highest BCUT2D eigenvalue weighted by molar-refractivity contribution is 7.20. The molecular weight excluding hydrogens is 424 g/mol. The molecule has 0 radical (unpaired) electrons. The number of fused-ring (bicyclic) bond motifs is 1. The highest BCUT2D eigenvalue weighted by Gasteiger charge is 2.33. The van der Waals surface area contributed by atoms with Crippen molar-refractivity contribution in [2.24, 2.45) is 0 Å². The summed E-state index contributed by atoms with van der Waals surface area (Å²) in [5.74, 6) is -0.251. The van der Waals surface area contributed by atoms with Crippen LogP contribution in [0.4, 0.5) is 0 Å². The molecule has 1 N–H and O–H groups in total. The minimum atomic E-state index is -0.435. The zero-order chi connectivity index (χ0) is 21.3. The summed E-state index contributed by atoms with van der Waals surface area (Å²) in [6.07, 6.45) is 1.26. The molecule has 3 aromatic rings. The van der Waals surface area contributed by atoms with Gasteiger partial charge in [-0.05, 0) is 13.0 Å². The van der Waals surface area contributed by atoms with Crippen LogP contribution in [0, 0.1) is 6.92 Å². The minimum absolute atomic E-state index is 0.0637. The summed E-state index contributed by atoms with van der Waals surface area (Å²) in [6, 6.07) is 3.76. The van der Waals surface area contributed by atoms with Gasteiger partial charge in [-0.1, -0.05) is 6.07 Å². The zero-order valence-corrected chi connectivity index (χ0v) is 18.3. The number of morpholine rings is 1. The van der Waals surface area contributed by atoms with Crippen molar-refractivity contribution in [2.75, 3.05) is 39.9 Å². The number of nitrogens with zero attached hydrogens (tertiary/aromatic N) is 4. The summed E-state index contributed by atoms with van der Waals surface area (Å²) in [6.45, 7) is 3.17. The van der Waals surface area contributed by atoms with Crippen molar-refractivity contribution in [1.29, 1.82) is 0 Å². The number of amides is 2. The zero-order valence-electron chi connectivity index (χ0n) is 16.7. The van der Waals surface area contributed by atoms with Gasteiger partial charge in [0.15, 0.2) is 0 Å². The van der Waals surface area contributed by atoms with E-state index in [-0.39, 0.29) is 25.0 Å². The Balaban J connectivity index is 1.69. The van der Waals surface area contributed by atoms with E-state index < -0.39 is 6.10 Å². The Bertz CT molecular complexity index is 1080. The smallest absolute Gasteiger partial charge is 0.266 e. The lowest BCUT2D eigenvalue weighted by molar-refractivity contribution is -0.0222. The van der Waals surface area contributed by atoms with E-state index in [0.717, 1.165) is 21.5 Å². The SMILES string of the molecule is Cc1ncsc1C(=O)N1CCO[C@@H](c2c(C(=O)N(C)CCO)sc3ncccc23)C1. The van der Waals surface area contributed by atoms with Gasteiger partial charge in [0.05, 0.1) is 31.0 Å². The Kier molecular flexibility index (Phi) is 6.09. The molecule has 4 rings (SSSR count). The molecule has 1 fully saturated rings. The first-order valence-electron chi connectivity index (χ1n) is 9.56.